The van der Waals surface area contributed by atoms with Gasteiger partial charge in [-0.1, -0.05) is 31.0 Å². The Morgan fingerprint density at radius 2 is 2.16 bits per heavy atom. The van der Waals surface area contributed by atoms with Crippen LogP contribution < -0.4 is 10.6 Å². The normalized spacial score (nSPS) is 20.4. The maximum absolute atomic E-state index is 6.18. The van der Waals surface area contributed by atoms with Gasteiger partial charge in [0, 0.05) is 23.8 Å². The molecule has 3 heteroatoms. The van der Waals surface area contributed by atoms with Crippen LogP contribution in [0.1, 0.15) is 38.2 Å². The van der Waals surface area contributed by atoms with Gasteiger partial charge in [-0.25, -0.2) is 0 Å². The van der Waals surface area contributed by atoms with Crippen molar-refractivity contribution in [3.63, 3.8) is 0 Å². The van der Waals surface area contributed by atoms with E-state index in [9.17, 15) is 0 Å². The highest BCUT2D eigenvalue weighted by molar-refractivity contribution is 6.30. The Labute approximate surface area is 121 Å². The Bertz CT molecular complexity index is 406. The van der Waals surface area contributed by atoms with E-state index in [1.54, 1.807) is 0 Å². The van der Waals surface area contributed by atoms with Crippen molar-refractivity contribution in [2.75, 3.05) is 24.5 Å². The predicted octanol–water partition coefficient (Wildman–Crippen LogP) is 3.86. The maximum Gasteiger partial charge on any atom is 0.0426 e. The van der Waals surface area contributed by atoms with Gasteiger partial charge in [-0.3, -0.25) is 0 Å². The van der Waals surface area contributed by atoms with Crippen molar-refractivity contribution in [1.29, 1.82) is 0 Å². The van der Waals surface area contributed by atoms with Gasteiger partial charge < -0.3 is 10.6 Å². The van der Waals surface area contributed by atoms with Crippen LogP contribution in [-0.2, 0) is 6.42 Å². The smallest absolute Gasteiger partial charge is 0.0426 e. The Balaban J connectivity index is 2.17. The van der Waals surface area contributed by atoms with E-state index in [1.165, 1.54) is 36.9 Å². The van der Waals surface area contributed by atoms with Gasteiger partial charge in [0.15, 0.2) is 0 Å². The van der Waals surface area contributed by atoms with Crippen LogP contribution in [0.3, 0.4) is 0 Å². The molecule has 2 nitrogen and oxygen atoms in total. The molecule has 0 bridgehead atoms. The number of rotatable bonds is 4. The van der Waals surface area contributed by atoms with Crippen LogP contribution in [0.25, 0.3) is 0 Å². The molecule has 1 aliphatic heterocycles. The lowest BCUT2D eigenvalue weighted by Gasteiger charge is -2.26. The van der Waals surface area contributed by atoms with Crippen molar-refractivity contribution in [1.82, 2.24) is 0 Å². The van der Waals surface area contributed by atoms with Crippen LogP contribution in [0.15, 0.2) is 18.2 Å². The van der Waals surface area contributed by atoms with Gasteiger partial charge in [-0.15, -0.1) is 0 Å². The average molecular weight is 281 g/mol. The van der Waals surface area contributed by atoms with Gasteiger partial charge in [0.25, 0.3) is 0 Å². The van der Waals surface area contributed by atoms with Gasteiger partial charge in [-0.2, -0.15) is 0 Å². The Morgan fingerprint density at radius 3 is 2.89 bits per heavy atom. The Kier molecular flexibility index (Phi) is 5.53. The standard InChI is InChI=1S/C16H25ClN2/c1-2-13-4-3-10-19(11-8-13)16-12-15(17)6-5-14(16)7-9-18/h5-6,12-13H,2-4,7-11,18H2,1H3. The molecule has 0 radical (unpaired) electrons. The summed E-state index contributed by atoms with van der Waals surface area (Å²) in [4.78, 5) is 2.51. The summed E-state index contributed by atoms with van der Waals surface area (Å²) < 4.78 is 0. The molecule has 1 aromatic rings. The number of hydrogen-bond acceptors (Lipinski definition) is 2. The zero-order chi connectivity index (χ0) is 13.7. The molecule has 1 atom stereocenters. The molecule has 0 saturated carbocycles. The Morgan fingerprint density at radius 1 is 1.32 bits per heavy atom. The van der Waals surface area contributed by atoms with Crippen LogP contribution in [0.4, 0.5) is 5.69 Å². The fourth-order valence-electron chi connectivity index (χ4n) is 3.01. The Hall–Kier alpha value is -0.730. The molecule has 19 heavy (non-hydrogen) atoms. The summed E-state index contributed by atoms with van der Waals surface area (Å²) in [6, 6.07) is 6.22. The second kappa shape index (κ2) is 7.16. The molecule has 1 aromatic carbocycles. The van der Waals surface area contributed by atoms with E-state index in [-0.39, 0.29) is 0 Å². The molecule has 2 N–H and O–H groups in total. The second-order valence-corrected chi connectivity index (χ2v) is 5.94. The minimum absolute atomic E-state index is 0.695. The van der Waals surface area contributed by atoms with E-state index in [2.05, 4.69) is 24.0 Å². The first-order valence-electron chi connectivity index (χ1n) is 7.48. The molecule has 2 rings (SSSR count). The monoisotopic (exact) mass is 280 g/mol. The SMILES string of the molecule is CCC1CCCN(c2cc(Cl)ccc2CCN)CC1. The van der Waals surface area contributed by atoms with E-state index < -0.39 is 0 Å². The molecular formula is C16H25ClN2. The lowest BCUT2D eigenvalue weighted by molar-refractivity contribution is 0.459. The first-order valence-corrected chi connectivity index (χ1v) is 7.85. The summed E-state index contributed by atoms with van der Waals surface area (Å²) in [6.07, 6.45) is 6.18. The molecule has 1 fully saturated rings. The van der Waals surface area contributed by atoms with E-state index in [1.807, 2.05) is 6.07 Å². The number of nitrogens with zero attached hydrogens (tertiary/aromatic N) is 1. The van der Waals surface area contributed by atoms with Crippen molar-refractivity contribution >= 4 is 17.3 Å². The van der Waals surface area contributed by atoms with Gasteiger partial charge in [0.05, 0.1) is 0 Å². The summed E-state index contributed by atoms with van der Waals surface area (Å²) in [7, 11) is 0. The molecular weight excluding hydrogens is 256 g/mol. The molecule has 0 spiro atoms. The molecule has 106 valence electrons. The molecule has 1 unspecified atom stereocenters. The lowest BCUT2D eigenvalue weighted by atomic mass is 9.98. The number of benzene rings is 1. The van der Waals surface area contributed by atoms with Crippen LogP contribution in [0.5, 0.6) is 0 Å². The summed E-state index contributed by atoms with van der Waals surface area (Å²) in [6.45, 7) is 5.30. The van der Waals surface area contributed by atoms with E-state index in [0.29, 0.717) is 6.54 Å². The van der Waals surface area contributed by atoms with Crippen LogP contribution >= 0.6 is 11.6 Å². The summed E-state index contributed by atoms with van der Waals surface area (Å²) in [5.74, 6) is 0.891. The van der Waals surface area contributed by atoms with Crippen LogP contribution in [-0.4, -0.2) is 19.6 Å². The summed E-state index contributed by atoms with van der Waals surface area (Å²) in [5, 5.41) is 0.826. The first-order chi connectivity index (χ1) is 9.24. The third-order valence-electron chi connectivity index (χ3n) is 4.23. The van der Waals surface area contributed by atoms with Gasteiger partial charge >= 0.3 is 0 Å². The first kappa shape index (κ1) is 14.7. The quantitative estimate of drug-likeness (QED) is 0.907. The number of halogens is 1. The average Bonchev–Trinajstić information content (AvgIpc) is 2.66. The van der Waals surface area contributed by atoms with E-state index in [4.69, 9.17) is 17.3 Å². The maximum atomic E-state index is 6.18. The van der Waals surface area contributed by atoms with Crippen molar-refractivity contribution in [2.45, 2.75) is 39.0 Å². The number of anilines is 1. The predicted molar refractivity (Wildman–Crippen MR) is 84.1 cm³/mol. The largest absolute Gasteiger partial charge is 0.371 e. The van der Waals surface area contributed by atoms with E-state index >= 15 is 0 Å². The molecule has 0 aliphatic carbocycles. The van der Waals surface area contributed by atoms with Crippen LogP contribution in [0, 0.1) is 5.92 Å². The van der Waals surface area contributed by atoms with Crippen molar-refractivity contribution < 1.29 is 0 Å². The molecule has 0 amide bonds. The minimum Gasteiger partial charge on any atom is -0.371 e. The molecule has 1 aliphatic rings. The molecule has 0 aromatic heterocycles. The van der Waals surface area contributed by atoms with Crippen molar-refractivity contribution in [3.8, 4) is 0 Å². The fraction of sp³-hybridized carbons (Fsp3) is 0.625. The van der Waals surface area contributed by atoms with Gasteiger partial charge in [-0.05, 0) is 55.8 Å². The molecule has 1 saturated heterocycles. The van der Waals surface area contributed by atoms with Gasteiger partial charge in [0.1, 0.15) is 0 Å². The highest BCUT2D eigenvalue weighted by atomic mass is 35.5. The summed E-state index contributed by atoms with van der Waals surface area (Å²) >= 11 is 6.18. The zero-order valence-corrected chi connectivity index (χ0v) is 12.6. The number of hydrogen-bond donors (Lipinski definition) is 1. The number of nitrogens with two attached hydrogens (primary N) is 1. The van der Waals surface area contributed by atoms with E-state index in [0.717, 1.165) is 30.5 Å². The second-order valence-electron chi connectivity index (χ2n) is 5.50. The van der Waals surface area contributed by atoms with Crippen molar-refractivity contribution in [3.05, 3.63) is 28.8 Å². The zero-order valence-electron chi connectivity index (χ0n) is 11.9. The highest BCUT2D eigenvalue weighted by Gasteiger charge is 2.18. The third kappa shape index (κ3) is 3.87. The lowest BCUT2D eigenvalue weighted by Crippen LogP contribution is -2.25. The fourth-order valence-corrected chi connectivity index (χ4v) is 3.18. The van der Waals surface area contributed by atoms with Crippen molar-refractivity contribution in [2.24, 2.45) is 11.7 Å². The van der Waals surface area contributed by atoms with Crippen LogP contribution in [0.2, 0.25) is 5.02 Å². The third-order valence-corrected chi connectivity index (χ3v) is 4.46. The molecule has 1 heterocycles. The highest BCUT2D eigenvalue weighted by Crippen LogP contribution is 2.29. The summed E-state index contributed by atoms with van der Waals surface area (Å²) in [5.41, 5.74) is 8.36. The topological polar surface area (TPSA) is 29.3 Å². The van der Waals surface area contributed by atoms with Gasteiger partial charge in [0.2, 0.25) is 0 Å². The minimum atomic E-state index is 0.695.